The fourth-order valence-corrected chi connectivity index (χ4v) is 4.67. The Balaban J connectivity index is 1.59. The maximum Gasteiger partial charge on any atom is 0.255 e. The van der Waals surface area contributed by atoms with Crippen LogP contribution in [0.25, 0.3) is 0 Å². The van der Waals surface area contributed by atoms with Crippen LogP contribution in [0.5, 0.6) is 0 Å². The highest BCUT2D eigenvalue weighted by atomic mass is 35.5. The van der Waals surface area contributed by atoms with Crippen LogP contribution in [-0.2, 0) is 4.79 Å². The monoisotopic (exact) mass is 595 g/mol. The van der Waals surface area contributed by atoms with Crippen molar-refractivity contribution in [1.29, 1.82) is 0 Å². The molecule has 2 unspecified atom stereocenters. The molecule has 1 aliphatic rings. The minimum absolute atomic E-state index is 0.292. The molecule has 0 bridgehead atoms. The molecule has 1 aliphatic heterocycles. The minimum atomic E-state index is -0.662. The molecule has 0 saturated heterocycles. The van der Waals surface area contributed by atoms with E-state index in [-0.39, 0.29) is 5.91 Å². The van der Waals surface area contributed by atoms with Gasteiger partial charge in [0.05, 0.1) is 11.3 Å². The molecule has 0 aromatic heterocycles. The van der Waals surface area contributed by atoms with Gasteiger partial charge in [-0.2, -0.15) is 5.10 Å². The van der Waals surface area contributed by atoms with E-state index in [4.69, 9.17) is 16.6 Å². The maximum atomic E-state index is 13.7. The van der Waals surface area contributed by atoms with E-state index in [1.54, 1.807) is 17.3 Å². The lowest BCUT2D eigenvalue weighted by atomic mass is 9.95. The molecule has 0 fully saturated rings. The number of aliphatic imine (C=N–C) groups is 2. The summed E-state index contributed by atoms with van der Waals surface area (Å²) in [5, 5.41) is 16.3. The Labute approximate surface area is 259 Å². The van der Waals surface area contributed by atoms with Crippen molar-refractivity contribution in [2.75, 3.05) is 15.6 Å². The molecule has 8 nitrogen and oxygen atoms in total. The maximum absolute atomic E-state index is 13.7. The molecule has 222 valence electrons. The predicted molar refractivity (Wildman–Crippen MR) is 181 cm³/mol. The van der Waals surface area contributed by atoms with Gasteiger partial charge in [-0.05, 0) is 75.1 Å². The highest BCUT2D eigenvalue weighted by Crippen LogP contribution is 2.35. The Morgan fingerprint density at radius 3 is 2.47 bits per heavy atom. The van der Waals surface area contributed by atoms with Crippen molar-refractivity contribution >= 4 is 52.6 Å². The predicted octanol–water partition coefficient (Wildman–Crippen LogP) is 8.07. The lowest BCUT2D eigenvalue weighted by Gasteiger charge is -2.26. The number of benzene rings is 3. The second-order valence-corrected chi connectivity index (χ2v) is 10.8. The first-order valence-electron chi connectivity index (χ1n) is 14.2. The standard InChI is InChI=1S/C34H38ClN7O/c1-7-22(3)21-36-42(8-2)27-19-17-26(18-20-27)40-33(43)31-24(5)37-34(41-32(31)28-14-10-11-15-29(28)35)39-25(6)38-30-16-12-9-13-23(30)4/h8-22,32H,2,7H2,1,3-6H3,(H,40,43)(H2,37,38,39,41)/b36-21-. The van der Waals surface area contributed by atoms with Crippen molar-refractivity contribution in [2.24, 2.45) is 21.0 Å². The van der Waals surface area contributed by atoms with E-state index in [1.165, 1.54) is 0 Å². The number of carbonyl (C=O) groups excluding carboxylic acids is 1. The zero-order valence-corrected chi connectivity index (χ0v) is 26.0. The molecule has 9 heteroatoms. The second-order valence-electron chi connectivity index (χ2n) is 10.4. The van der Waals surface area contributed by atoms with Crippen LogP contribution in [0.3, 0.4) is 0 Å². The van der Waals surface area contributed by atoms with E-state index in [2.05, 4.69) is 46.5 Å². The van der Waals surface area contributed by atoms with Crippen molar-refractivity contribution in [1.82, 2.24) is 5.32 Å². The fraction of sp³-hybridized carbons (Fsp3) is 0.235. The Hall–Kier alpha value is -4.69. The average molecular weight is 596 g/mol. The van der Waals surface area contributed by atoms with Crippen LogP contribution in [-0.4, -0.2) is 23.9 Å². The third kappa shape index (κ3) is 7.99. The van der Waals surface area contributed by atoms with Crippen LogP contribution in [0, 0.1) is 12.8 Å². The molecular weight excluding hydrogens is 558 g/mol. The Bertz CT molecular complexity index is 1590. The molecule has 43 heavy (non-hydrogen) atoms. The molecule has 0 radical (unpaired) electrons. The van der Waals surface area contributed by atoms with Gasteiger partial charge >= 0.3 is 0 Å². The summed E-state index contributed by atoms with van der Waals surface area (Å²) in [4.78, 5) is 23.3. The number of hydrogen-bond donors (Lipinski definition) is 3. The summed E-state index contributed by atoms with van der Waals surface area (Å²) in [6, 6.07) is 22.1. The SMILES string of the molecule is C=CN(/N=C\C(C)CC)c1ccc(NC(=O)C2=C(C)NC(/N=C(/C)Nc3ccccc3C)=NC2c2ccccc2Cl)cc1. The van der Waals surface area contributed by atoms with Crippen molar-refractivity contribution in [2.45, 2.75) is 47.1 Å². The Morgan fingerprint density at radius 2 is 1.79 bits per heavy atom. The topological polar surface area (TPSA) is 93.5 Å². The number of hydrazone groups is 1. The van der Waals surface area contributed by atoms with Crippen LogP contribution in [0.4, 0.5) is 17.1 Å². The quantitative estimate of drug-likeness (QED) is 0.132. The molecule has 4 rings (SSSR count). The highest BCUT2D eigenvalue weighted by Gasteiger charge is 2.30. The number of rotatable bonds is 9. The summed E-state index contributed by atoms with van der Waals surface area (Å²) < 4.78 is 0. The largest absolute Gasteiger partial charge is 0.344 e. The average Bonchev–Trinajstić information content (AvgIpc) is 2.99. The number of hydrogen-bond acceptors (Lipinski definition) is 6. The first kappa shape index (κ1) is 31.3. The molecule has 0 saturated carbocycles. The number of para-hydroxylation sites is 1. The number of nitrogens with one attached hydrogen (secondary N) is 3. The summed E-state index contributed by atoms with van der Waals surface area (Å²) in [7, 11) is 0. The highest BCUT2D eigenvalue weighted by molar-refractivity contribution is 6.31. The fourth-order valence-electron chi connectivity index (χ4n) is 4.43. The van der Waals surface area contributed by atoms with Gasteiger partial charge in [-0.1, -0.05) is 68.4 Å². The van der Waals surface area contributed by atoms with Gasteiger partial charge < -0.3 is 16.0 Å². The van der Waals surface area contributed by atoms with Crippen LogP contribution < -0.4 is 21.0 Å². The van der Waals surface area contributed by atoms with E-state index in [9.17, 15) is 4.79 Å². The van der Waals surface area contributed by atoms with E-state index >= 15 is 0 Å². The second kappa shape index (κ2) is 14.5. The smallest absolute Gasteiger partial charge is 0.255 e. The van der Waals surface area contributed by atoms with E-state index in [0.29, 0.717) is 45.3 Å². The van der Waals surface area contributed by atoms with Crippen LogP contribution in [0.15, 0.2) is 112 Å². The molecule has 1 amide bonds. The molecule has 3 N–H and O–H groups in total. The lowest BCUT2D eigenvalue weighted by molar-refractivity contribution is -0.113. The first-order chi connectivity index (χ1) is 20.7. The number of aryl methyl sites for hydroxylation is 1. The number of carbonyl (C=O) groups is 1. The zero-order valence-electron chi connectivity index (χ0n) is 25.2. The van der Waals surface area contributed by atoms with Gasteiger partial charge in [0, 0.05) is 40.1 Å². The van der Waals surface area contributed by atoms with Crippen LogP contribution in [0.1, 0.15) is 51.3 Å². The summed E-state index contributed by atoms with van der Waals surface area (Å²) in [5.74, 6) is 1.10. The van der Waals surface area contributed by atoms with Crippen LogP contribution >= 0.6 is 11.6 Å². The van der Waals surface area contributed by atoms with Crippen molar-refractivity contribution in [3.8, 4) is 0 Å². The number of amidine groups is 1. The number of nitrogens with zero attached hydrogens (tertiary/aromatic N) is 4. The number of amides is 1. The molecule has 0 aliphatic carbocycles. The van der Waals surface area contributed by atoms with Crippen molar-refractivity contribution < 1.29 is 4.79 Å². The third-order valence-electron chi connectivity index (χ3n) is 7.06. The minimum Gasteiger partial charge on any atom is -0.344 e. The summed E-state index contributed by atoms with van der Waals surface area (Å²) in [5.41, 5.74) is 5.32. The molecule has 1 heterocycles. The van der Waals surface area contributed by atoms with E-state index in [0.717, 1.165) is 23.4 Å². The number of guanidine groups is 1. The molecular formula is C34H38ClN7O. The summed E-state index contributed by atoms with van der Waals surface area (Å²) in [6.45, 7) is 13.8. The lowest BCUT2D eigenvalue weighted by Crippen LogP contribution is -2.33. The van der Waals surface area contributed by atoms with Gasteiger partial charge in [0.1, 0.15) is 11.9 Å². The van der Waals surface area contributed by atoms with Gasteiger partial charge in [-0.3, -0.25) is 4.79 Å². The normalized spacial score (nSPS) is 15.9. The van der Waals surface area contributed by atoms with Crippen LogP contribution in [0.2, 0.25) is 5.02 Å². The Morgan fingerprint density at radius 1 is 1.09 bits per heavy atom. The van der Waals surface area contributed by atoms with Gasteiger partial charge in [0.2, 0.25) is 5.96 Å². The first-order valence-corrected chi connectivity index (χ1v) is 14.6. The molecule has 0 spiro atoms. The van der Waals surface area contributed by atoms with Crippen molar-refractivity contribution in [3.63, 3.8) is 0 Å². The van der Waals surface area contributed by atoms with Gasteiger partial charge in [0.15, 0.2) is 0 Å². The third-order valence-corrected chi connectivity index (χ3v) is 7.40. The van der Waals surface area contributed by atoms with Gasteiger partial charge in [0.25, 0.3) is 5.91 Å². The van der Waals surface area contributed by atoms with Gasteiger partial charge in [-0.15, -0.1) is 0 Å². The molecule has 3 aromatic carbocycles. The number of halogens is 1. The molecule has 3 aromatic rings. The van der Waals surface area contributed by atoms with E-state index < -0.39 is 6.04 Å². The number of allylic oxidation sites excluding steroid dienone is 1. The van der Waals surface area contributed by atoms with Gasteiger partial charge in [-0.25, -0.2) is 15.0 Å². The summed E-state index contributed by atoms with van der Waals surface area (Å²) >= 11 is 6.61. The molecule has 2 atom stereocenters. The Kier molecular flexibility index (Phi) is 10.5. The van der Waals surface area contributed by atoms with E-state index in [1.807, 2.05) is 93.7 Å². The zero-order chi connectivity index (χ0) is 30.9. The summed E-state index contributed by atoms with van der Waals surface area (Å²) in [6.07, 6.45) is 4.55. The van der Waals surface area contributed by atoms with Crippen molar-refractivity contribution in [3.05, 3.63) is 113 Å². The number of anilines is 3.